The number of hydrogen-bond donors (Lipinski definition) is 1. The van der Waals surface area contributed by atoms with Gasteiger partial charge in [0.25, 0.3) is 0 Å². The van der Waals surface area contributed by atoms with Crippen LogP contribution in [0.3, 0.4) is 0 Å². The van der Waals surface area contributed by atoms with Gasteiger partial charge in [-0.15, -0.1) is 0 Å². The molecule has 11 heavy (non-hydrogen) atoms. The average Bonchev–Trinajstić information content (AvgIpc) is 1.85. The van der Waals surface area contributed by atoms with E-state index in [0.29, 0.717) is 13.2 Å². The van der Waals surface area contributed by atoms with Crippen LogP contribution in [-0.2, 0) is 14.3 Å². The van der Waals surface area contributed by atoms with Crippen LogP contribution in [0.1, 0.15) is 13.8 Å². The summed E-state index contributed by atoms with van der Waals surface area (Å²) in [5.41, 5.74) is 0. The molecule has 0 heterocycles. The lowest BCUT2D eigenvalue weighted by atomic mass is 10.5. The Bertz CT molecular complexity index is 111. The van der Waals surface area contributed by atoms with Gasteiger partial charge < -0.3 is 14.6 Å². The highest BCUT2D eigenvalue weighted by Crippen LogP contribution is 1.86. The number of ether oxygens (including phenoxy) is 2. The quantitative estimate of drug-likeness (QED) is 0.578. The molecule has 66 valence electrons. The summed E-state index contributed by atoms with van der Waals surface area (Å²) in [6.07, 6.45) is 0.170. The molecule has 1 N–H and O–H groups in total. The summed E-state index contributed by atoms with van der Waals surface area (Å²) in [7, 11) is 0. The second kappa shape index (κ2) is 6.12. The summed E-state index contributed by atoms with van der Waals surface area (Å²) in [4.78, 5) is 9.93. The monoisotopic (exact) mass is 162 g/mol. The van der Waals surface area contributed by atoms with Crippen molar-refractivity contribution in [3.63, 3.8) is 0 Å². The smallest absolute Gasteiger partial charge is 0.329 e. The lowest BCUT2D eigenvalue weighted by Crippen LogP contribution is -2.13. The van der Waals surface area contributed by atoms with Crippen molar-refractivity contribution in [2.45, 2.75) is 20.0 Å². The summed E-state index contributed by atoms with van der Waals surface area (Å²) < 4.78 is 9.83. The normalized spacial score (nSPS) is 10.5. The van der Waals surface area contributed by atoms with Gasteiger partial charge in [0.1, 0.15) is 6.61 Å². The summed E-state index contributed by atoms with van der Waals surface area (Å²) in [6, 6.07) is 0. The molecule has 0 aliphatic rings. The van der Waals surface area contributed by atoms with Crippen LogP contribution in [0.4, 0.5) is 0 Å². The summed E-state index contributed by atoms with van der Waals surface area (Å²) in [5, 5.41) is 8.16. The molecule has 0 bridgehead atoms. The largest absolute Gasteiger partial charge is 0.480 e. The fourth-order valence-corrected chi connectivity index (χ4v) is 0.502. The zero-order chi connectivity index (χ0) is 8.69. The number of carboxylic acids is 1. The Hall–Kier alpha value is -0.610. The van der Waals surface area contributed by atoms with E-state index in [2.05, 4.69) is 0 Å². The maximum atomic E-state index is 9.93. The van der Waals surface area contributed by atoms with Gasteiger partial charge in [-0.25, -0.2) is 4.79 Å². The minimum atomic E-state index is -0.949. The first-order chi connectivity index (χ1) is 5.13. The number of aliphatic carboxylic acids is 1. The van der Waals surface area contributed by atoms with Crippen LogP contribution in [0.15, 0.2) is 0 Å². The van der Waals surface area contributed by atoms with Gasteiger partial charge in [0, 0.05) is 0 Å². The van der Waals surface area contributed by atoms with Crippen LogP contribution in [0.2, 0.25) is 0 Å². The van der Waals surface area contributed by atoms with Gasteiger partial charge in [-0.05, 0) is 13.8 Å². The Morgan fingerprint density at radius 3 is 2.55 bits per heavy atom. The average molecular weight is 162 g/mol. The topological polar surface area (TPSA) is 55.8 Å². The third-order valence-electron chi connectivity index (χ3n) is 0.904. The molecule has 0 aromatic heterocycles. The maximum Gasteiger partial charge on any atom is 0.329 e. The van der Waals surface area contributed by atoms with Crippen molar-refractivity contribution in [3.05, 3.63) is 0 Å². The van der Waals surface area contributed by atoms with E-state index in [1.807, 2.05) is 13.8 Å². The van der Waals surface area contributed by atoms with Gasteiger partial charge in [0.05, 0.1) is 19.3 Å². The van der Waals surface area contributed by atoms with E-state index in [-0.39, 0.29) is 12.7 Å². The molecule has 0 spiro atoms. The maximum absolute atomic E-state index is 9.93. The van der Waals surface area contributed by atoms with E-state index in [0.717, 1.165) is 0 Å². The number of carbonyl (C=O) groups is 1. The van der Waals surface area contributed by atoms with Crippen LogP contribution < -0.4 is 0 Å². The van der Waals surface area contributed by atoms with Crippen LogP contribution in [0, 0.1) is 0 Å². The molecule has 0 saturated carbocycles. The van der Waals surface area contributed by atoms with Gasteiger partial charge in [-0.1, -0.05) is 0 Å². The Kier molecular flexibility index (Phi) is 5.78. The van der Waals surface area contributed by atoms with Crippen LogP contribution >= 0.6 is 0 Å². The zero-order valence-electron chi connectivity index (χ0n) is 6.87. The minimum absolute atomic E-state index is 0.170. The van der Waals surface area contributed by atoms with E-state index < -0.39 is 5.97 Å². The van der Waals surface area contributed by atoms with Crippen molar-refractivity contribution in [3.8, 4) is 0 Å². The Balaban J connectivity index is 2.97. The standard InChI is InChI=1S/C7H14O4/c1-6(2)11-4-3-10-5-7(8)9/h6H,3-5H2,1-2H3,(H,8,9). The van der Waals surface area contributed by atoms with E-state index >= 15 is 0 Å². The molecule has 0 saturated heterocycles. The number of rotatable bonds is 6. The zero-order valence-corrected chi connectivity index (χ0v) is 6.87. The molecular formula is C7H14O4. The molecule has 4 nitrogen and oxygen atoms in total. The van der Waals surface area contributed by atoms with Crippen LogP contribution in [-0.4, -0.2) is 37.0 Å². The first-order valence-corrected chi connectivity index (χ1v) is 3.54. The number of carboxylic acid groups (broad SMARTS) is 1. The number of hydrogen-bond acceptors (Lipinski definition) is 3. The Morgan fingerprint density at radius 2 is 2.09 bits per heavy atom. The molecule has 0 aromatic carbocycles. The molecule has 0 rings (SSSR count). The van der Waals surface area contributed by atoms with Gasteiger partial charge in [-0.3, -0.25) is 0 Å². The lowest BCUT2D eigenvalue weighted by Gasteiger charge is -2.06. The van der Waals surface area contributed by atoms with Crippen LogP contribution in [0.5, 0.6) is 0 Å². The van der Waals surface area contributed by atoms with E-state index in [9.17, 15) is 4.79 Å². The van der Waals surface area contributed by atoms with Gasteiger partial charge in [0.2, 0.25) is 0 Å². The fourth-order valence-electron chi connectivity index (χ4n) is 0.502. The van der Waals surface area contributed by atoms with Crippen molar-refractivity contribution < 1.29 is 19.4 Å². The highest BCUT2D eigenvalue weighted by Gasteiger charge is 1.96. The van der Waals surface area contributed by atoms with Crippen molar-refractivity contribution in [1.29, 1.82) is 0 Å². The molecule has 0 aliphatic heterocycles. The van der Waals surface area contributed by atoms with Crippen molar-refractivity contribution in [2.24, 2.45) is 0 Å². The lowest BCUT2D eigenvalue weighted by molar-refractivity contribution is -0.142. The van der Waals surface area contributed by atoms with Gasteiger partial charge in [0.15, 0.2) is 0 Å². The molecule has 0 amide bonds. The van der Waals surface area contributed by atoms with Gasteiger partial charge >= 0.3 is 5.97 Å². The molecule has 0 fully saturated rings. The minimum Gasteiger partial charge on any atom is -0.480 e. The molecular weight excluding hydrogens is 148 g/mol. The highest BCUT2D eigenvalue weighted by molar-refractivity contribution is 5.67. The molecule has 0 radical (unpaired) electrons. The van der Waals surface area contributed by atoms with E-state index in [1.165, 1.54) is 0 Å². The summed E-state index contributed by atoms with van der Waals surface area (Å²) in [5.74, 6) is -0.949. The van der Waals surface area contributed by atoms with Crippen LogP contribution in [0.25, 0.3) is 0 Å². The molecule has 0 aromatic rings. The van der Waals surface area contributed by atoms with E-state index in [1.54, 1.807) is 0 Å². The van der Waals surface area contributed by atoms with E-state index in [4.69, 9.17) is 14.6 Å². The molecule has 0 atom stereocenters. The molecule has 0 aliphatic carbocycles. The summed E-state index contributed by atoms with van der Waals surface area (Å²) >= 11 is 0. The van der Waals surface area contributed by atoms with Crippen molar-refractivity contribution in [2.75, 3.05) is 19.8 Å². The predicted octanol–water partition coefficient (Wildman–Crippen LogP) is 0.513. The second-order valence-corrected chi connectivity index (χ2v) is 2.37. The Labute approximate surface area is 66.1 Å². The predicted molar refractivity (Wildman–Crippen MR) is 39.5 cm³/mol. The fraction of sp³-hybridized carbons (Fsp3) is 0.857. The SMILES string of the molecule is CC(C)OCCOCC(=O)O. The van der Waals surface area contributed by atoms with Gasteiger partial charge in [-0.2, -0.15) is 0 Å². The Morgan fingerprint density at radius 1 is 1.45 bits per heavy atom. The van der Waals surface area contributed by atoms with Crippen molar-refractivity contribution >= 4 is 5.97 Å². The molecule has 4 heteroatoms. The molecule has 0 unspecified atom stereocenters. The highest BCUT2D eigenvalue weighted by atomic mass is 16.5. The third-order valence-corrected chi connectivity index (χ3v) is 0.904. The summed E-state index contributed by atoms with van der Waals surface area (Å²) in [6.45, 7) is 4.37. The third kappa shape index (κ3) is 9.39. The first-order valence-electron chi connectivity index (χ1n) is 3.54. The van der Waals surface area contributed by atoms with Crippen molar-refractivity contribution in [1.82, 2.24) is 0 Å². The second-order valence-electron chi connectivity index (χ2n) is 2.37. The first kappa shape index (κ1) is 10.4.